The lowest BCUT2D eigenvalue weighted by Gasteiger charge is -2.30. The van der Waals surface area contributed by atoms with Gasteiger partial charge in [0.15, 0.2) is 0 Å². The average molecular weight is 368 g/mol. The lowest BCUT2D eigenvalue weighted by Crippen LogP contribution is -2.46. The van der Waals surface area contributed by atoms with Crippen LogP contribution in [-0.2, 0) is 0 Å². The van der Waals surface area contributed by atoms with Crippen molar-refractivity contribution in [3.05, 3.63) is 0 Å². The first-order valence-corrected chi connectivity index (χ1v) is 14.8. The van der Waals surface area contributed by atoms with Crippen LogP contribution in [0.15, 0.2) is 0 Å². The average Bonchev–Trinajstić information content (AvgIpc) is 2.62. The van der Waals surface area contributed by atoms with Crippen LogP contribution in [0.3, 0.4) is 0 Å². The van der Waals surface area contributed by atoms with Gasteiger partial charge in [-0.05, 0) is 18.1 Å². The molecule has 0 atom stereocenters. The van der Waals surface area contributed by atoms with Crippen LogP contribution in [0.2, 0.25) is 18.1 Å². The van der Waals surface area contributed by atoms with Crippen LogP contribution in [-0.4, -0.2) is 8.24 Å². The Morgan fingerprint density at radius 1 is 0.520 bits per heavy atom. The summed E-state index contributed by atoms with van der Waals surface area (Å²) < 4.78 is 0. The summed E-state index contributed by atoms with van der Waals surface area (Å²) in [5.41, 5.74) is 0. The Hall–Kier alpha value is 0.177. The Balaban J connectivity index is 1.72. The van der Waals surface area contributed by atoms with Crippen LogP contribution in [0.25, 0.3) is 0 Å². The second-order valence-corrected chi connectivity index (χ2v) is 13.2. The molecule has 1 aliphatic rings. The molecule has 2 heteroatoms. The Kier molecular flexibility index (Phi) is 15.2. The van der Waals surface area contributed by atoms with Crippen LogP contribution in [0.5, 0.6) is 0 Å². The molecular weight excluding hydrogens is 318 g/mol. The molecule has 1 nitrogen and oxygen atoms in total. The van der Waals surface area contributed by atoms with Crippen LogP contribution in [0, 0.1) is 0 Å². The van der Waals surface area contributed by atoms with Crippen molar-refractivity contribution in [2.75, 3.05) is 0 Å². The standard InChI is InChI=1S/C23H49NSi/c1-2-3-4-5-6-7-8-9-10-11-12-13-14-15-16-18-21-25(24)22-19-17-20-23-25/h2-24H2,1H3. The van der Waals surface area contributed by atoms with E-state index in [-0.39, 0.29) is 0 Å². The zero-order valence-electron chi connectivity index (χ0n) is 17.6. The molecule has 0 unspecified atom stereocenters. The van der Waals surface area contributed by atoms with E-state index >= 15 is 0 Å². The maximum absolute atomic E-state index is 6.66. The predicted octanol–water partition coefficient (Wildman–Crippen LogP) is 8.34. The van der Waals surface area contributed by atoms with Crippen molar-refractivity contribution in [2.24, 2.45) is 5.40 Å². The van der Waals surface area contributed by atoms with Gasteiger partial charge in [0, 0.05) is 0 Å². The summed E-state index contributed by atoms with van der Waals surface area (Å²) in [5, 5.41) is 6.66. The number of hydrogen-bond acceptors (Lipinski definition) is 1. The Morgan fingerprint density at radius 3 is 1.28 bits per heavy atom. The highest BCUT2D eigenvalue weighted by molar-refractivity contribution is 6.76. The van der Waals surface area contributed by atoms with E-state index in [1.54, 1.807) is 0 Å². The molecule has 1 aliphatic heterocycles. The van der Waals surface area contributed by atoms with Crippen LogP contribution in [0.4, 0.5) is 0 Å². The molecule has 1 fully saturated rings. The Labute approximate surface area is 161 Å². The summed E-state index contributed by atoms with van der Waals surface area (Å²) in [6, 6.07) is 4.27. The van der Waals surface area contributed by atoms with E-state index < -0.39 is 8.24 Å². The van der Waals surface area contributed by atoms with E-state index in [0.717, 1.165) is 0 Å². The van der Waals surface area contributed by atoms with Gasteiger partial charge < -0.3 is 5.40 Å². The Morgan fingerprint density at radius 2 is 0.880 bits per heavy atom. The molecule has 0 spiro atoms. The molecule has 150 valence electrons. The van der Waals surface area contributed by atoms with Gasteiger partial charge in [-0.1, -0.05) is 129 Å². The van der Waals surface area contributed by atoms with E-state index in [9.17, 15) is 0 Å². The molecule has 0 saturated carbocycles. The highest BCUT2D eigenvalue weighted by Gasteiger charge is 2.29. The van der Waals surface area contributed by atoms with Gasteiger partial charge in [-0.15, -0.1) is 0 Å². The quantitative estimate of drug-likeness (QED) is 0.203. The first kappa shape index (κ1) is 23.2. The van der Waals surface area contributed by atoms with Gasteiger partial charge in [0.2, 0.25) is 0 Å². The van der Waals surface area contributed by atoms with Crippen LogP contribution >= 0.6 is 0 Å². The molecule has 0 aliphatic carbocycles. The molecule has 1 saturated heterocycles. The van der Waals surface area contributed by atoms with Crippen LogP contribution < -0.4 is 5.40 Å². The maximum Gasteiger partial charge on any atom is 0.123 e. The number of unbranched alkanes of at least 4 members (excludes halogenated alkanes) is 15. The molecule has 0 amide bonds. The molecule has 0 aromatic carbocycles. The summed E-state index contributed by atoms with van der Waals surface area (Å²) in [6.07, 6.45) is 27.7. The van der Waals surface area contributed by atoms with Gasteiger partial charge in [0.1, 0.15) is 8.24 Å². The van der Waals surface area contributed by atoms with Crippen LogP contribution in [0.1, 0.15) is 129 Å². The third-order valence-electron chi connectivity index (χ3n) is 6.38. The summed E-state index contributed by atoms with van der Waals surface area (Å²) in [7, 11) is -1.24. The lowest BCUT2D eigenvalue weighted by atomic mass is 10.0. The molecule has 2 N–H and O–H groups in total. The molecule has 1 rings (SSSR count). The minimum Gasteiger partial charge on any atom is -0.351 e. The monoisotopic (exact) mass is 367 g/mol. The topological polar surface area (TPSA) is 26.0 Å². The summed E-state index contributed by atoms with van der Waals surface area (Å²) >= 11 is 0. The minimum absolute atomic E-state index is 1.24. The number of hydrogen-bond donors (Lipinski definition) is 1. The molecule has 0 aromatic rings. The molecule has 0 aromatic heterocycles. The normalized spacial score (nSPS) is 17.0. The van der Waals surface area contributed by atoms with Gasteiger partial charge in [0.05, 0.1) is 0 Å². The van der Waals surface area contributed by atoms with Crippen molar-refractivity contribution >= 4 is 8.24 Å². The van der Waals surface area contributed by atoms with Crippen molar-refractivity contribution in [2.45, 2.75) is 147 Å². The van der Waals surface area contributed by atoms with E-state index in [1.807, 2.05) is 0 Å². The van der Waals surface area contributed by atoms with Crippen molar-refractivity contribution in [1.29, 1.82) is 0 Å². The summed E-state index contributed by atoms with van der Waals surface area (Å²) in [6.45, 7) is 2.30. The van der Waals surface area contributed by atoms with E-state index in [1.165, 1.54) is 140 Å². The molecule has 0 radical (unpaired) electrons. The number of rotatable bonds is 17. The second kappa shape index (κ2) is 16.4. The summed E-state index contributed by atoms with van der Waals surface area (Å²) in [5.74, 6) is 0. The zero-order valence-corrected chi connectivity index (χ0v) is 18.6. The fourth-order valence-corrected chi connectivity index (χ4v) is 8.14. The third-order valence-corrected chi connectivity index (χ3v) is 10.4. The highest BCUT2D eigenvalue weighted by Crippen LogP contribution is 2.29. The first-order chi connectivity index (χ1) is 12.3. The van der Waals surface area contributed by atoms with E-state index in [0.29, 0.717) is 0 Å². The van der Waals surface area contributed by atoms with Gasteiger partial charge >= 0.3 is 0 Å². The largest absolute Gasteiger partial charge is 0.351 e. The fourth-order valence-electron chi connectivity index (χ4n) is 4.53. The zero-order chi connectivity index (χ0) is 18.1. The van der Waals surface area contributed by atoms with Crippen molar-refractivity contribution in [1.82, 2.24) is 0 Å². The molecule has 1 heterocycles. The van der Waals surface area contributed by atoms with Gasteiger partial charge in [0.25, 0.3) is 0 Å². The second-order valence-electron chi connectivity index (χ2n) is 8.98. The highest BCUT2D eigenvalue weighted by atomic mass is 28.3. The fraction of sp³-hybridized carbons (Fsp3) is 1.00. The molecule has 0 bridgehead atoms. The van der Waals surface area contributed by atoms with Crippen molar-refractivity contribution in [3.63, 3.8) is 0 Å². The lowest BCUT2D eigenvalue weighted by molar-refractivity contribution is 0.531. The van der Waals surface area contributed by atoms with Crippen molar-refractivity contribution in [3.8, 4) is 0 Å². The van der Waals surface area contributed by atoms with Gasteiger partial charge in [-0.2, -0.15) is 0 Å². The van der Waals surface area contributed by atoms with E-state index in [4.69, 9.17) is 5.40 Å². The van der Waals surface area contributed by atoms with Gasteiger partial charge in [-0.3, -0.25) is 0 Å². The Bertz CT molecular complexity index is 273. The third kappa shape index (κ3) is 14.0. The maximum atomic E-state index is 6.66. The molecular formula is C23H49NSi. The minimum atomic E-state index is -1.24. The SMILES string of the molecule is CCCCCCCCCCCCCCCCCC[Si]1(N)CCCCC1. The van der Waals surface area contributed by atoms with Gasteiger partial charge in [-0.25, -0.2) is 0 Å². The van der Waals surface area contributed by atoms with E-state index in [2.05, 4.69) is 6.92 Å². The molecule has 25 heavy (non-hydrogen) atoms. The van der Waals surface area contributed by atoms with Crippen molar-refractivity contribution < 1.29 is 0 Å². The predicted molar refractivity (Wildman–Crippen MR) is 118 cm³/mol. The smallest absolute Gasteiger partial charge is 0.123 e. The summed E-state index contributed by atoms with van der Waals surface area (Å²) in [4.78, 5) is 0. The first-order valence-electron chi connectivity index (χ1n) is 12.1. The number of nitrogens with two attached hydrogens (primary N) is 1.